The van der Waals surface area contributed by atoms with Gasteiger partial charge in [-0.3, -0.25) is 0 Å². The molecule has 0 aliphatic rings. The van der Waals surface area contributed by atoms with Gasteiger partial charge in [0.15, 0.2) is 0 Å². The van der Waals surface area contributed by atoms with Gasteiger partial charge in [-0.15, -0.1) is 0 Å². The van der Waals surface area contributed by atoms with Crippen LogP contribution in [0, 0.1) is 17.1 Å². The third kappa shape index (κ3) is 4.63. The average Bonchev–Trinajstić information content (AvgIpc) is 2.72. The second kappa shape index (κ2) is 8.65. The first-order valence-electron chi connectivity index (χ1n) is 8.46. The minimum atomic E-state index is -1.27. The maximum absolute atomic E-state index is 13.7. The topological polar surface area (TPSA) is 73.1 Å². The number of halogens is 1. The van der Waals surface area contributed by atoms with Gasteiger partial charge in [-0.05, 0) is 41.0 Å². The number of allylic oxidation sites excluding steroid dienone is 1. The molecular formula is C23H15FNO3-. The van der Waals surface area contributed by atoms with Gasteiger partial charge in [0.05, 0.1) is 17.6 Å². The van der Waals surface area contributed by atoms with E-state index in [1.165, 1.54) is 18.2 Å². The van der Waals surface area contributed by atoms with Crippen LogP contribution < -0.4 is 9.84 Å². The minimum Gasteiger partial charge on any atom is -0.545 e. The van der Waals surface area contributed by atoms with Crippen LogP contribution in [0.3, 0.4) is 0 Å². The first kappa shape index (κ1) is 18.9. The molecule has 0 aliphatic carbocycles. The Morgan fingerprint density at radius 3 is 2.43 bits per heavy atom. The summed E-state index contributed by atoms with van der Waals surface area (Å²) in [5, 5.41) is 20.3. The molecule has 138 valence electrons. The number of carbonyl (C=O) groups is 1. The molecule has 3 aromatic rings. The van der Waals surface area contributed by atoms with E-state index in [4.69, 9.17) is 4.74 Å². The van der Waals surface area contributed by atoms with Crippen molar-refractivity contribution in [2.24, 2.45) is 0 Å². The van der Waals surface area contributed by atoms with E-state index >= 15 is 0 Å². The highest BCUT2D eigenvalue weighted by Crippen LogP contribution is 2.22. The summed E-state index contributed by atoms with van der Waals surface area (Å²) in [6.45, 7) is 0.0929. The van der Waals surface area contributed by atoms with Crippen molar-refractivity contribution in [2.75, 3.05) is 0 Å². The molecule has 0 unspecified atom stereocenters. The molecular weight excluding hydrogens is 357 g/mol. The predicted molar refractivity (Wildman–Crippen MR) is 101 cm³/mol. The van der Waals surface area contributed by atoms with Gasteiger partial charge in [0.25, 0.3) is 0 Å². The van der Waals surface area contributed by atoms with E-state index in [0.29, 0.717) is 22.4 Å². The third-order valence-corrected chi connectivity index (χ3v) is 4.07. The fourth-order valence-corrected chi connectivity index (χ4v) is 2.60. The SMILES string of the molecule is N#C/C(=C\c1cccc(OCc2ccccc2F)c1)c1ccc(C(=O)[O-])cc1. The second-order valence-electron chi connectivity index (χ2n) is 5.99. The lowest BCUT2D eigenvalue weighted by Gasteiger charge is -2.08. The van der Waals surface area contributed by atoms with Crippen molar-refractivity contribution in [2.45, 2.75) is 6.61 Å². The summed E-state index contributed by atoms with van der Waals surface area (Å²) in [5.74, 6) is -1.05. The van der Waals surface area contributed by atoms with Crippen LogP contribution in [0.4, 0.5) is 4.39 Å². The van der Waals surface area contributed by atoms with Crippen LogP contribution in [0.1, 0.15) is 27.0 Å². The Morgan fingerprint density at radius 2 is 1.75 bits per heavy atom. The van der Waals surface area contributed by atoms with E-state index in [1.54, 1.807) is 54.6 Å². The third-order valence-electron chi connectivity index (χ3n) is 4.07. The normalized spacial score (nSPS) is 10.9. The molecule has 5 heteroatoms. The Balaban J connectivity index is 1.79. The number of hydrogen-bond acceptors (Lipinski definition) is 4. The van der Waals surface area contributed by atoms with Crippen molar-refractivity contribution in [3.63, 3.8) is 0 Å². The largest absolute Gasteiger partial charge is 0.545 e. The van der Waals surface area contributed by atoms with Gasteiger partial charge in [0, 0.05) is 5.56 Å². The van der Waals surface area contributed by atoms with Crippen LogP contribution in [0.5, 0.6) is 5.75 Å². The molecule has 0 fully saturated rings. The molecule has 0 heterocycles. The van der Waals surface area contributed by atoms with Crippen LogP contribution in [0.15, 0.2) is 72.8 Å². The van der Waals surface area contributed by atoms with Gasteiger partial charge >= 0.3 is 0 Å². The summed E-state index contributed by atoms with van der Waals surface area (Å²) in [7, 11) is 0. The molecule has 4 nitrogen and oxygen atoms in total. The molecule has 0 N–H and O–H groups in total. The lowest BCUT2D eigenvalue weighted by molar-refractivity contribution is -0.255. The van der Waals surface area contributed by atoms with Crippen molar-refractivity contribution < 1.29 is 19.0 Å². The van der Waals surface area contributed by atoms with E-state index in [0.717, 1.165) is 5.56 Å². The maximum Gasteiger partial charge on any atom is 0.129 e. The fourth-order valence-electron chi connectivity index (χ4n) is 2.60. The Hall–Kier alpha value is -3.91. The zero-order valence-electron chi connectivity index (χ0n) is 14.8. The van der Waals surface area contributed by atoms with Crippen molar-refractivity contribution >= 4 is 17.6 Å². The quantitative estimate of drug-likeness (QED) is 0.487. The van der Waals surface area contributed by atoms with Crippen LogP contribution in [-0.4, -0.2) is 5.97 Å². The number of ether oxygens (including phenoxy) is 1. The highest BCUT2D eigenvalue weighted by molar-refractivity contribution is 5.91. The molecule has 3 rings (SSSR count). The van der Waals surface area contributed by atoms with Crippen molar-refractivity contribution in [1.82, 2.24) is 0 Å². The molecule has 0 amide bonds. The molecule has 0 spiro atoms. The zero-order valence-corrected chi connectivity index (χ0v) is 14.8. The van der Waals surface area contributed by atoms with Crippen molar-refractivity contribution in [3.8, 4) is 11.8 Å². The van der Waals surface area contributed by atoms with Crippen molar-refractivity contribution in [1.29, 1.82) is 5.26 Å². The number of benzene rings is 3. The lowest BCUT2D eigenvalue weighted by Crippen LogP contribution is -2.21. The predicted octanol–water partition coefficient (Wildman–Crippen LogP) is 3.83. The number of nitrogens with zero attached hydrogens (tertiary/aromatic N) is 1. The maximum atomic E-state index is 13.7. The highest BCUT2D eigenvalue weighted by Gasteiger charge is 2.05. The van der Waals surface area contributed by atoms with E-state index in [-0.39, 0.29) is 18.0 Å². The van der Waals surface area contributed by atoms with Crippen LogP contribution in [-0.2, 0) is 6.61 Å². The second-order valence-corrected chi connectivity index (χ2v) is 5.99. The summed E-state index contributed by atoms with van der Waals surface area (Å²) < 4.78 is 19.3. The van der Waals surface area contributed by atoms with Crippen LogP contribution in [0.25, 0.3) is 11.6 Å². The summed E-state index contributed by atoms with van der Waals surface area (Å²) in [5.41, 5.74) is 2.19. The standard InChI is InChI=1S/C23H16FNO3/c24-22-7-2-1-5-19(22)15-28-21-6-3-4-16(13-21)12-20(14-25)17-8-10-18(11-9-17)23(26)27/h1-13H,15H2,(H,26,27)/p-1/b20-12+. The number of rotatable bonds is 6. The molecule has 0 saturated heterocycles. The summed E-state index contributed by atoms with van der Waals surface area (Å²) in [4.78, 5) is 10.8. The Kier molecular flexibility index (Phi) is 5.83. The minimum absolute atomic E-state index is 0.0459. The number of aromatic carboxylic acids is 1. The number of carboxylic acids is 1. The number of carbonyl (C=O) groups excluding carboxylic acids is 1. The van der Waals surface area contributed by atoms with Gasteiger partial charge in [-0.1, -0.05) is 54.6 Å². The summed E-state index contributed by atoms with van der Waals surface area (Å²) in [6.07, 6.45) is 1.67. The lowest BCUT2D eigenvalue weighted by atomic mass is 10.0. The average molecular weight is 372 g/mol. The molecule has 0 aliphatic heterocycles. The van der Waals surface area contributed by atoms with Crippen LogP contribution >= 0.6 is 0 Å². The number of nitriles is 1. The van der Waals surface area contributed by atoms with E-state index in [1.807, 2.05) is 6.07 Å². The molecule has 0 bridgehead atoms. The van der Waals surface area contributed by atoms with E-state index in [9.17, 15) is 19.6 Å². The molecule has 28 heavy (non-hydrogen) atoms. The zero-order chi connectivity index (χ0) is 19.9. The number of hydrogen-bond donors (Lipinski definition) is 0. The van der Waals surface area contributed by atoms with Crippen molar-refractivity contribution in [3.05, 3.63) is 101 Å². The summed E-state index contributed by atoms with van der Waals surface area (Å²) >= 11 is 0. The Labute approximate surface area is 161 Å². The monoisotopic (exact) mass is 372 g/mol. The first-order chi connectivity index (χ1) is 13.6. The highest BCUT2D eigenvalue weighted by atomic mass is 19.1. The molecule has 0 radical (unpaired) electrons. The molecule has 0 saturated carbocycles. The van der Waals surface area contributed by atoms with E-state index < -0.39 is 5.97 Å². The molecule has 0 aromatic heterocycles. The molecule has 0 atom stereocenters. The van der Waals surface area contributed by atoms with Gasteiger partial charge < -0.3 is 14.6 Å². The van der Waals surface area contributed by atoms with Gasteiger partial charge in [0.1, 0.15) is 18.2 Å². The van der Waals surface area contributed by atoms with E-state index in [2.05, 4.69) is 6.07 Å². The van der Waals surface area contributed by atoms with Gasteiger partial charge in [-0.2, -0.15) is 5.26 Å². The van der Waals surface area contributed by atoms with Gasteiger partial charge in [0.2, 0.25) is 0 Å². The molecule has 3 aromatic carbocycles. The summed E-state index contributed by atoms with van der Waals surface area (Å²) in [6, 6.07) is 21.5. The Bertz CT molecular complexity index is 1070. The smallest absolute Gasteiger partial charge is 0.129 e. The Morgan fingerprint density at radius 1 is 1.04 bits per heavy atom. The van der Waals surface area contributed by atoms with Gasteiger partial charge in [-0.25, -0.2) is 4.39 Å². The fraction of sp³-hybridized carbons (Fsp3) is 0.0435. The number of carboxylic acid groups (broad SMARTS) is 1. The first-order valence-corrected chi connectivity index (χ1v) is 8.46. The van der Waals surface area contributed by atoms with Crippen LogP contribution in [0.2, 0.25) is 0 Å².